The zero-order valence-corrected chi connectivity index (χ0v) is 6.66. The molecule has 1 rings (SSSR count). The first-order valence-corrected chi connectivity index (χ1v) is 3.50. The number of nitrogens with zero attached hydrogens (tertiary/aromatic N) is 1. The number of nitrogens with one attached hydrogen (secondary N) is 2. The maximum absolute atomic E-state index is 10.8. The van der Waals surface area contributed by atoms with Gasteiger partial charge in [-0.05, 0) is 6.92 Å². The summed E-state index contributed by atoms with van der Waals surface area (Å²) in [6.07, 6.45) is 6.46. The molecule has 4 nitrogen and oxygen atoms in total. The van der Waals surface area contributed by atoms with E-state index >= 15 is 0 Å². The molecule has 0 aliphatic rings. The molecule has 1 aromatic heterocycles. The highest BCUT2D eigenvalue weighted by Gasteiger charge is 1.97. The Bertz CT molecular complexity index is 350. The van der Waals surface area contributed by atoms with Gasteiger partial charge in [-0.25, -0.2) is 4.98 Å². The summed E-state index contributed by atoms with van der Waals surface area (Å²) in [4.78, 5) is 17.0. The van der Waals surface area contributed by atoms with E-state index in [1.165, 1.54) is 12.4 Å². The van der Waals surface area contributed by atoms with E-state index in [1.807, 2.05) is 6.92 Å². The van der Waals surface area contributed by atoms with Gasteiger partial charge in [-0.1, -0.05) is 5.92 Å². The van der Waals surface area contributed by atoms with Gasteiger partial charge in [-0.15, -0.1) is 6.42 Å². The van der Waals surface area contributed by atoms with Crippen molar-refractivity contribution in [3.8, 4) is 12.3 Å². The fourth-order valence-electron chi connectivity index (χ4n) is 0.711. The summed E-state index contributed by atoms with van der Waals surface area (Å²) in [6.45, 7) is 1.81. The lowest BCUT2D eigenvalue weighted by Crippen LogP contribution is -2.16. The van der Waals surface area contributed by atoms with Gasteiger partial charge in [0.1, 0.15) is 5.82 Å². The van der Waals surface area contributed by atoms with Gasteiger partial charge in [0.05, 0.1) is 12.4 Å². The van der Waals surface area contributed by atoms with Crippen molar-refractivity contribution >= 4 is 5.82 Å². The van der Waals surface area contributed by atoms with Crippen LogP contribution in [-0.4, -0.2) is 16.0 Å². The quantitative estimate of drug-likeness (QED) is 0.612. The van der Waals surface area contributed by atoms with Crippen molar-refractivity contribution in [1.82, 2.24) is 9.97 Å². The highest BCUT2D eigenvalue weighted by atomic mass is 16.1. The van der Waals surface area contributed by atoms with Gasteiger partial charge in [-0.3, -0.25) is 4.79 Å². The molecule has 4 heteroatoms. The Morgan fingerprint density at radius 3 is 3.17 bits per heavy atom. The van der Waals surface area contributed by atoms with Gasteiger partial charge < -0.3 is 10.3 Å². The molecule has 1 aromatic rings. The molecule has 62 valence electrons. The van der Waals surface area contributed by atoms with Crippen LogP contribution in [-0.2, 0) is 0 Å². The molecule has 0 aromatic carbocycles. The Morgan fingerprint density at radius 2 is 2.58 bits per heavy atom. The predicted octanol–water partition coefficient (Wildman–Crippen LogP) is 0.203. The lowest BCUT2D eigenvalue weighted by Gasteiger charge is -2.05. The molecule has 0 radical (unpaired) electrons. The Balaban J connectivity index is 2.78. The maximum atomic E-state index is 10.8. The van der Waals surface area contributed by atoms with Crippen molar-refractivity contribution in [3.05, 3.63) is 22.7 Å². The zero-order chi connectivity index (χ0) is 8.97. The third kappa shape index (κ3) is 2.13. The summed E-state index contributed by atoms with van der Waals surface area (Å²) in [5, 5.41) is 2.87. The molecule has 1 atom stereocenters. The van der Waals surface area contributed by atoms with Crippen LogP contribution in [0.5, 0.6) is 0 Å². The van der Waals surface area contributed by atoms with Crippen LogP contribution in [0.3, 0.4) is 0 Å². The van der Waals surface area contributed by atoms with E-state index in [-0.39, 0.29) is 11.6 Å². The molecule has 0 amide bonds. The van der Waals surface area contributed by atoms with E-state index < -0.39 is 0 Å². The molecule has 1 unspecified atom stereocenters. The molecule has 12 heavy (non-hydrogen) atoms. The van der Waals surface area contributed by atoms with E-state index in [0.717, 1.165) is 0 Å². The van der Waals surface area contributed by atoms with Crippen molar-refractivity contribution in [2.45, 2.75) is 13.0 Å². The van der Waals surface area contributed by atoms with E-state index in [1.54, 1.807) is 0 Å². The summed E-state index contributed by atoms with van der Waals surface area (Å²) in [7, 11) is 0. The molecular weight excluding hydrogens is 154 g/mol. The smallest absolute Gasteiger partial charge is 0.252 e. The standard InChI is InChI=1S/C8H9N3O/c1-3-6(2)11-7-4-8(12)10-5-9-7/h1,4-6H,2H3,(H2,9,10,11,12). The van der Waals surface area contributed by atoms with Crippen LogP contribution in [0.1, 0.15) is 6.92 Å². The van der Waals surface area contributed by atoms with Crippen LogP contribution in [0.25, 0.3) is 0 Å². The minimum absolute atomic E-state index is 0.126. The van der Waals surface area contributed by atoms with Gasteiger partial charge in [0.15, 0.2) is 0 Å². The average molecular weight is 163 g/mol. The van der Waals surface area contributed by atoms with Crippen molar-refractivity contribution < 1.29 is 0 Å². The topological polar surface area (TPSA) is 57.8 Å². The Labute approximate surface area is 70.0 Å². The molecule has 0 spiro atoms. The van der Waals surface area contributed by atoms with Crippen LogP contribution in [0, 0.1) is 12.3 Å². The van der Waals surface area contributed by atoms with Gasteiger partial charge in [0.25, 0.3) is 5.56 Å². The lowest BCUT2D eigenvalue weighted by atomic mass is 10.3. The Morgan fingerprint density at radius 1 is 1.83 bits per heavy atom. The first-order chi connectivity index (χ1) is 5.72. The number of terminal acetylenes is 1. The number of hydrogen-bond donors (Lipinski definition) is 2. The number of aromatic nitrogens is 2. The molecule has 1 heterocycles. The Kier molecular flexibility index (Phi) is 2.49. The fourth-order valence-corrected chi connectivity index (χ4v) is 0.711. The van der Waals surface area contributed by atoms with E-state index in [0.29, 0.717) is 5.82 Å². The van der Waals surface area contributed by atoms with Crippen LogP contribution in [0.4, 0.5) is 5.82 Å². The van der Waals surface area contributed by atoms with E-state index in [9.17, 15) is 4.79 Å². The third-order valence-electron chi connectivity index (χ3n) is 1.29. The summed E-state index contributed by atoms with van der Waals surface area (Å²) in [5.41, 5.74) is -0.197. The van der Waals surface area contributed by atoms with Gasteiger partial charge in [0, 0.05) is 6.07 Å². The van der Waals surface area contributed by atoms with Crippen LogP contribution in [0.15, 0.2) is 17.2 Å². The SMILES string of the molecule is C#CC(C)Nc1cc(=O)[nH]cn1. The second-order valence-corrected chi connectivity index (χ2v) is 2.33. The van der Waals surface area contributed by atoms with Crippen molar-refractivity contribution in [2.24, 2.45) is 0 Å². The van der Waals surface area contributed by atoms with Crippen LogP contribution >= 0.6 is 0 Å². The van der Waals surface area contributed by atoms with Crippen molar-refractivity contribution in [2.75, 3.05) is 5.32 Å². The molecule has 0 bridgehead atoms. The number of H-pyrrole nitrogens is 1. The zero-order valence-electron chi connectivity index (χ0n) is 6.66. The minimum Gasteiger partial charge on any atom is -0.357 e. The number of anilines is 1. The van der Waals surface area contributed by atoms with Gasteiger partial charge in [-0.2, -0.15) is 0 Å². The summed E-state index contributed by atoms with van der Waals surface area (Å²) in [5.74, 6) is 2.96. The second-order valence-electron chi connectivity index (χ2n) is 2.33. The third-order valence-corrected chi connectivity index (χ3v) is 1.29. The molecular formula is C8H9N3O. The minimum atomic E-state index is -0.197. The lowest BCUT2D eigenvalue weighted by molar-refractivity contribution is 0.996. The predicted molar refractivity (Wildman–Crippen MR) is 46.8 cm³/mol. The monoisotopic (exact) mass is 163 g/mol. The molecule has 2 N–H and O–H groups in total. The second kappa shape index (κ2) is 3.58. The molecule has 0 aliphatic carbocycles. The highest BCUT2D eigenvalue weighted by molar-refractivity contribution is 5.35. The number of aromatic amines is 1. The van der Waals surface area contributed by atoms with Gasteiger partial charge in [0.2, 0.25) is 0 Å². The summed E-state index contributed by atoms with van der Waals surface area (Å²) >= 11 is 0. The maximum Gasteiger partial charge on any atom is 0.252 e. The van der Waals surface area contributed by atoms with Crippen molar-refractivity contribution in [3.63, 3.8) is 0 Å². The van der Waals surface area contributed by atoms with E-state index in [4.69, 9.17) is 6.42 Å². The van der Waals surface area contributed by atoms with Crippen LogP contribution in [0.2, 0.25) is 0 Å². The molecule has 0 fully saturated rings. The molecule has 0 saturated carbocycles. The molecule has 0 saturated heterocycles. The first kappa shape index (κ1) is 8.34. The normalized spacial score (nSPS) is 11.7. The average Bonchev–Trinajstić information content (AvgIpc) is 2.04. The number of hydrogen-bond acceptors (Lipinski definition) is 3. The summed E-state index contributed by atoms with van der Waals surface area (Å²) < 4.78 is 0. The Hall–Kier alpha value is -1.76. The van der Waals surface area contributed by atoms with E-state index in [2.05, 4.69) is 21.2 Å². The highest BCUT2D eigenvalue weighted by Crippen LogP contribution is 1.96. The fraction of sp³-hybridized carbons (Fsp3) is 0.250. The van der Waals surface area contributed by atoms with Crippen molar-refractivity contribution in [1.29, 1.82) is 0 Å². The first-order valence-electron chi connectivity index (χ1n) is 3.50. The largest absolute Gasteiger partial charge is 0.357 e. The van der Waals surface area contributed by atoms with Gasteiger partial charge >= 0.3 is 0 Å². The molecule has 0 aliphatic heterocycles. The number of rotatable bonds is 2. The summed E-state index contributed by atoms with van der Waals surface area (Å²) in [6, 6.07) is 1.23. The van der Waals surface area contributed by atoms with Crippen LogP contribution < -0.4 is 10.9 Å².